The Morgan fingerprint density at radius 1 is 1.25 bits per heavy atom. The average molecular weight is 274 g/mol. The van der Waals surface area contributed by atoms with Gasteiger partial charge in [-0.1, -0.05) is 12.1 Å². The third kappa shape index (κ3) is 2.56. The lowest BCUT2D eigenvalue weighted by Crippen LogP contribution is -2.02. The van der Waals surface area contributed by atoms with E-state index in [1.165, 1.54) is 43.6 Å². The van der Waals surface area contributed by atoms with E-state index in [2.05, 4.69) is 9.72 Å². The molecule has 7 nitrogen and oxygen atoms in total. The normalized spacial score (nSPS) is 10.1. The number of carbonyl (C=O) groups excluding carboxylic acids is 2. The number of ketones is 1. The molecule has 0 aliphatic heterocycles. The van der Waals surface area contributed by atoms with Crippen LogP contribution in [0.4, 0.5) is 5.69 Å². The van der Waals surface area contributed by atoms with Crippen LogP contribution in [-0.2, 0) is 4.74 Å². The lowest BCUT2D eigenvalue weighted by molar-refractivity contribution is -0.384. The van der Waals surface area contributed by atoms with Crippen molar-refractivity contribution >= 4 is 17.4 Å². The molecule has 20 heavy (non-hydrogen) atoms. The third-order valence-electron chi connectivity index (χ3n) is 2.67. The summed E-state index contributed by atoms with van der Waals surface area (Å²) in [7, 11) is 1.23. The second kappa shape index (κ2) is 5.35. The van der Waals surface area contributed by atoms with Crippen molar-refractivity contribution in [1.82, 2.24) is 4.98 Å². The van der Waals surface area contributed by atoms with Crippen molar-refractivity contribution in [2.75, 3.05) is 7.11 Å². The molecule has 0 saturated carbocycles. The minimum Gasteiger partial charge on any atom is -0.464 e. The Labute approximate surface area is 113 Å². The standard InChI is InChI=1S/C13H10N2O5/c1-20-13(17)11-6-9(7-14-11)12(16)8-3-2-4-10(5-8)15(18)19/h2-7,14H,1H3. The number of aromatic nitrogens is 1. The largest absolute Gasteiger partial charge is 0.464 e. The van der Waals surface area contributed by atoms with Crippen LogP contribution in [0.15, 0.2) is 36.5 Å². The second-order valence-corrected chi connectivity index (χ2v) is 3.93. The average Bonchev–Trinajstić information content (AvgIpc) is 2.95. The Morgan fingerprint density at radius 2 is 2.00 bits per heavy atom. The lowest BCUT2D eigenvalue weighted by atomic mass is 10.1. The molecule has 1 heterocycles. The van der Waals surface area contributed by atoms with Crippen LogP contribution in [0.25, 0.3) is 0 Å². The highest BCUT2D eigenvalue weighted by atomic mass is 16.6. The minimum absolute atomic E-state index is 0.140. The number of non-ortho nitro benzene ring substituents is 1. The predicted molar refractivity (Wildman–Crippen MR) is 68.7 cm³/mol. The molecule has 0 aliphatic carbocycles. The highest BCUT2D eigenvalue weighted by Gasteiger charge is 2.16. The molecule has 2 aromatic rings. The zero-order chi connectivity index (χ0) is 14.7. The summed E-state index contributed by atoms with van der Waals surface area (Å²) in [5, 5.41) is 10.7. The number of methoxy groups -OCH3 is 1. The zero-order valence-corrected chi connectivity index (χ0v) is 10.5. The molecule has 0 spiro atoms. The number of esters is 1. The third-order valence-corrected chi connectivity index (χ3v) is 2.67. The first-order valence-corrected chi connectivity index (χ1v) is 5.59. The number of nitro benzene ring substituents is 1. The summed E-state index contributed by atoms with van der Waals surface area (Å²) in [6, 6.07) is 6.73. The van der Waals surface area contributed by atoms with Gasteiger partial charge in [-0.25, -0.2) is 4.79 Å². The molecule has 0 aliphatic rings. The molecular weight excluding hydrogens is 264 g/mol. The number of carbonyl (C=O) groups is 2. The maximum atomic E-state index is 12.2. The summed E-state index contributed by atoms with van der Waals surface area (Å²) in [5.74, 6) is -1.01. The van der Waals surface area contributed by atoms with Crippen molar-refractivity contribution in [3.05, 3.63) is 63.5 Å². The maximum Gasteiger partial charge on any atom is 0.354 e. The van der Waals surface area contributed by atoms with E-state index in [9.17, 15) is 19.7 Å². The molecule has 1 aromatic carbocycles. The Balaban J connectivity index is 2.31. The highest BCUT2D eigenvalue weighted by Crippen LogP contribution is 2.17. The maximum absolute atomic E-state index is 12.2. The van der Waals surface area contributed by atoms with Crippen molar-refractivity contribution in [2.45, 2.75) is 0 Å². The Bertz CT molecular complexity index is 690. The van der Waals surface area contributed by atoms with Gasteiger partial charge in [0.15, 0.2) is 5.78 Å². The number of aromatic amines is 1. The van der Waals surface area contributed by atoms with Crippen molar-refractivity contribution < 1.29 is 19.2 Å². The number of benzene rings is 1. The molecular formula is C13H10N2O5. The van der Waals surface area contributed by atoms with Gasteiger partial charge < -0.3 is 9.72 Å². The molecule has 0 radical (unpaired) electrons. The molecule has 2 rings (SSSR count). The molecule has 0 saturated heterocycles. The first kappa shape index (κ1) is 13.5. The van der Waals surface area contributed by atoms with Crippen LogP contribution < -0.4 is 0 Å². The Hall–Kier alpha value is -2.96. The van der Waals surface area contributed by atoms with Gasteiger partial charge in [-0.3, -0.25) is 14.9 Å². The van der Waals surface area contributed by atoms with E-state index in [0.717, 1.165) is 0 Å². The molecule has 102 valence electrons. The summed E-state index contributed by atoms with van der Waals surface area (Å²) >= 11 is 0. The van der Waals surface area contributed by atoms with Crippen molar-refractivity contribution in [3.8, 4) is 0 Å². The smallest absolute Gasteiger partial charge is 0.354 e. The molecule has 0 unspecified atom stereocenters. The van der Waals surface area contributed by atoms with Gasteiger partial charge in [0, 0.05) is 29.5 Å². The molecule has 7 heteroatoms. The van der Waals surface area contributed by atoms with Gasteiger partial charge >= 0.3 is 5.97 Å². The first-order chi connectivity index (χ1) is 9.52. The molecule has 0 bridgehead atoms. The number of hydrogen-bond acceptors (Lipinski definition) is 5. The quantitative estimate of drug-likeness (QED) is 0.397. The van der Waals surface area contributed by atoms with Crippen LogP contribution in [0.1, 0.15) is 26.4 Å². The van der Waals surface area contributed by atoms with Gasteiger partial charge in [-0.2, -0.15) is 0 Å². The summed E-state index contributed by atoms with van der Waals surface area (Å²) < 4.78 is 4.51. The van der Waals surface area contributed by atoms with Crippen molar-refractivity contribution in [3.63, 3.8) is 0 Å². The van der Waals surface area contributed by atoms with Crippen molar-refractivity contribution in [2.24, 2.45) is 0 Å². The van der Waals surface area contributed by atoms with Gasteiger partial charge in [0.05, 0.1) is 12.0 Å². The van der Waals surface area contributed by atoms with Crippen LogP contribution in [0, 0.1) is 10.1 Å². The fraction of sp³-hybridized carbons (Fsp3) is 0.0769. The molecule has 0 atom stereocenters. The zero-order valence-electron chi connectivity index (χ0n) is 10.5. The number of rotatable bonds is 4. The van der Waals surface area contributed by atoms with Crippen LogP contribution in [-0.4, -0.2) is 28.8 Å². The lowest BCUT2D eigenvalue weighted by Gasteiger charge is -1.98. The summed E-state index contributed by atoms with van der Waals surface area (Å²) in [6.45, 7) is 0. The van der Waals surface area contributed by atoms with Crippen molar-refractivity contribution in [1.29, 1.82) is 0 Å². The van der Waals surface area contributed by atoms with E-state index in [-0.39, 0.29) is 22.5 Å². The number of nitro groups is 1. The molecule has 0 amide bonds. The fourth-order valence-corrected chi connectivity index (χ4v) is 1.68. The second-order valence-electron chi connectivity index (χ2n) is 3.93. The van der Waals surface area contributed by atoms with Gasteiger partial charge in [0.2, 0.25) is 0 Å². The van der Waals surface area contributed by atoms with Gasteiger partial charge in [-0.15, -0.1) is 0 Å². The van der Waals surface area contributed by atoms with E-state index in [1.54, 1.807) is 0 Å². The number of H-pyrrole nitrogens is 1. The summed E-state index contributed by atoms with van der Waals surface area (Å²) in [5.41, 5.74) is 0.376. The number of nitrogens with zero attached hydrogens (tertiary/aromatic N) is 1. The minimum atomic E-state index is -0.594. The van der Waals surface area contributed by atoms with Gasteiger partial charge in [-0.05, 0) is 6.07 Å². The monoisotopic (exact) mass is 274 g/mol. The van der Waals surface area contributed by atoms with E-state index >= 15 is 0 Å². The topological polar surface area (TPSA) is 102 Å². The van der Waals surface area contributed by atoms with Gasteiger partial charge in [0.1, 0.15) is 5.69 Å². The Kier molecular flexibility index (Phi) is 3.60. The van der Waals surface area contributed by atoms with Crippen LogP contribution in [0.5, 0.6) is 0 Å². The summed E-state index contributed by atoms with van der Waals surface area (Å²) in [6.07, 6.45) is 1.35. The molecule has 0 fully saturated rings. The number of ether oxygens (including phenoxy) is 1. The van der Waals surface area contributed by atoms with Gasteiger partial charge in [0.25, 0.3) is 5.69 Å². The molecule has 1 N–H and O–H groups in total. The van der Waals surface area contributed by atoms with E-state index in [4.69, 9.17) is 0 Å². The number of hydrogen-bond donors (Lipinski definition) is 1. The Morgan fingerprint density at radius 3 is 2.65 bits per heavy atom. The first-order valence-electron chi connectivity index (χ1n) is 5.59. The molecule has 1 aromatic heterocycles. The van der Waals surface area contributed by atoms with E-state index in [0.29, 0.717) is 0 Å². The van der Waals surface area contributed by atoms with Crippen LogP contribution in [0.2, 0.25) is 0 Å². The summed E-state index contributed by atoms with van der Waals surface area (Å²) in [4.78, 5) is 36.1. The number of nitrogens with one attached hydrogen (secondary N) is 1. The van der Waals surface area contributed by atoms with E-state index < -0.39 is 16.7 Å². The van der Waals surface area contributed by atoms with E-state index in [1.807, 2.05) is 0 Å². The van der Waals surface area contributed by atoms with Crippen LogP contribution >= 0.6 is 0 Å². The fourth-order valence-electron chi connectivity index (χ4n) is 1.68. The van der Waals surface area contributed by atoms with Crippen LogP contribution in [0.3, 0.4) is 0 Å². The predicted octanol–water partition coefficient (Wildman–Crippen LogP) is 1.94. The highest BCUT2D eigenvalue weighted by molar-refractivity contribution is 6.10. The SMILES string of the molecule is COC(=O)c1cc(C(=O)c2cccc([N+](=O)[O-])c2)c[nH]1.